The lowest BCUT2D eigenvalue weighted by molar-refractivity contribution is 0.102. The van der Waals surface area contributed by atoms with Crippen LogP contribution in [0.5, 0.6) is 0 Å². The van der Waals surface area contributed by atoms with Crippen LogP contribution in [0.4, 0.5) is 5.82 Å². The minimum absolute atomic E-state index is 0.180. The van der Waals surface area contributed by atoms with E-state index in [1.54, 1.807) is 29.3 Å². The summed E-state index contributed by atoms with van der Waals surface area (Å²) in [5, 5.41) is 6.99. The number of nitrogens with one attached hydrogen (secondary N) is 2. The molecule has 0 saturated carbocycles. The minimum atomic E-state index is -0.180. The highest BCUT2D eigenvalue weighted by molar-refractivity contribution is 6.08. The number of nitrogens with zero attached hydrogens (tertiary/aromatic N) is 4. The van der Waals surface area contributed by atoms with Crippen LogP contribution in [0.15, 0.2) is 30.9 Å². The van der Waals surface area contributed by atoms with Crippen LogP contribution in [-0.2, 0) is 13.5 Å². The molecular formula is C15H16N6O. The molecule has 3 aromatic rings. The van der Waals surface area contributed by atoms with Crippen LogP contribution in [-0.4, -0.2) is 30.2 Å². The van der Waals surface area contributed by atoms with Crippen LogP contribution in [0.25, 0.3) is 11.4 Å². The van der Waals surface area contributed by atoms with Gasteiger partial charge in [-0.3, -0.25) is 9.48 Å². The van der Waals surface area contributed by atoms with E-state index < -0.39 is 0 Å². The Morgan fingerprint density at radius 3 is 3.09 bits per heavy atom. The summed E-state index contributed by atoms with van der Waals surface area (Å²) >= 11 is 0. The summed E-state index contributed by atoms with van der Waals surface area (Å²) in [5.41, 5.74) is 2.54. The average Bonchev–Trinajstić information content (AvgIpc) is 3.17. The summed E-state index contributed by atoms with van der Waals surface area (Å²) in [7, 11) is 1.81. The molecule has 1 amide bonds. The second-order valence-corrected chi connectivity index (χ2v) is 5.60. The predicted octanol–water partition coefficient (Wildman–Crippen LogP) is 1.98. The van der Waals surface area contributed by atoms with E-state index in [4.69, 9.17) is 0 Å². The number of carbonyl (C=O) groups is 1. The van der Waals surface area contributed by atoms with E-state index in [1.165, 1.54) is 0 Å². The fourth-order valence-corrected chi connectivity index (χ4v) is 2.98. The number of H-pyrrole nitrogens is 1. The number of amides is 1. The van der Waals surface area contributed by atoms with Crippen LogP contribution in [0.2, 0.25) is 0 Å². The molecule has 0 aliphatic carbocycles. The van der Waals surface area contributed by atoms with Gasteiger partial charge in [-0.05, 0) is 6.92 Å². The zero-order valence-electron chi connectivity index (χ0n) is 12.4. The molecule has 0 spiro atoms. The normalized spacial score (nSPS) is 16.2. The quantitative estimate of drug-likeness (QED) is 0.759. The van der Waals surface area contributed by atoms with Crippen molar-refractivity contribution in [3.63, 3.8) is 0 Å². The lowest BCUT2D eigenvalue weighted by Gasteiger charge is -2.22. The largest absolute Gasteiger partial charge is 0.364 e. The number of hydrogen-bond acceptors (Lipinski definition) is 3. The second kappa shape index (κ2) is 4.59. The van der Waals surface area contributed by atoms with Crippen molar-refractivity contribution in [1.29, 1.82) is 0 Å². The third-order valence-corrected chi connectivity index (χ3v) is 4.03. The van der Waals surface area contributed by atoms with Gasteiger partial charge in [-0.15, -0.1) is 0 Å². The molecule has 7 heteroatoms. The van der Waals surface area contributed by atoms with E-state index in [2.05, 4.69) is 31.9 Å². The van der Waals surface area contributed by atoms with Crippen molar-refractivity contribution in [2.24, 2.45) is 7.05 Å². The minimum Gasteiger partial charge on any atom is -0.364 e. The summed E-state index contributed by atoms with van der Waals surface area (Å²) in [6, 6.07) is 2.09. The summed E-state index contributed by atoms with van der Waals surface area (Å²) in [6.07, 6.45) is 8.12. The summed E-state index contributed by atoms with van der Waals surface area (Å²) < 4.78 is 3.75. The smallest absolute Gasteiger partial charge is 0.259 e. The lowest BCUT2D eigenvalue weighted by Crippen LogP contribution is -2.18. The molecule has 0 bridgehead atoms. The Balaban J connectivity index is 1.72. The van der Waals surface area contributed by atoms with Gasteiger partial charge in [0.15, 0.2) is 5.82 Å². The van der Waals surface area contributed by atoms with Crippen molar-refractivity contribution in [3.05, 3.63) is 42.1 Å². The molecule has 0 unspecified atom stereocenters. The Kier molecular flexibility index (Phi) is 2.69. The van der Waals surface area contributed by atoms with Crippen molar-refractivity contribution >= 4 is 11.7 Å². The Bertz CT molecular complexity index is 855. The molecular weight excluding hydrogens is 280 g/mol. The third kappa shape index (κ3) is 1.86. The Labute approximate surface area is 127 Å². The highest BCUT2D eigenvalue weighted by atomic mass is 16.1. The number of aryl methyl sites for hydroxylation is 1. The molecule has 0 aromatic carbocycles. The maximum atomic E-state index is 12.6. The van der Waals surface area contributed by atoms with Gasteiger partial charge in [-0.2, -0.15) is 5.10 Å². The highest BCUT2D eigenvalue weighted by Crippen LogP contribution is 2.35. The van der Waals surface area contributed by atoms with Gasteiger partial charge in [0.25, 0.3) is 5.91 Å². The van der Waals surface area contributed by atoms with Gasteiger partial charge < -0.3 is 14.9 Å². The molecule has 112 valence electrons. The topological polar surface area (TPSA) is 80.5 Å². The van der Waals surface area contributed by atoms with Gasteiger partial charge in [-0.1, -0.05) is 0 Å². The fourth-order valence-electron chi connectivity index (χ4n) is 2.98. The molecule has 4 rings (SSSR count). The molecule has 0 saturated heterocycles. The molecule has 1 aliphatic rings. The van der Waals surface area contributed by atoms with Crippen LogP contribution in [0.1, 0.15) is 29.0 Å². The Morgan fingerprint density at radius 1 is 1.45 bits per heavy atom. The SMILES string of the molecule is C[C@H]1Cc2[nH]cc(C(=O)Nc3ccn(C)n3)c2-c2nccn21. The van der Waals surface area contributed by atoms with Gasteiger partial charge in [0, 0.05) is 56.1 Å². The van der Waals surface area contributed by atoms with Gasteiger partial charge in [-0.25, -0.2) is 4.98 Å². The standard InChI is InChI=1S/C15H16N6O/c1-9-7-11-13(14-16-4-6-21(9)14)10(8-17-11)15(22)18-12-3-5-20(2)19-12/h3-6,8-9,17H,7H2,1-2H3,(H,18,19,22)/t9-/m0/s1. The lowest BCUT2D eigenvalue weighted by atomic mass is 10.0. The number of imidazole rings is 1. The number of carbonyl (C=O) groups excluding carboxylic acids is 1. The molecule has 22 heavy (non-hydrogen) atoms. The first kappa shape index (κ1) is 12.9. The third-order valence-electron chi connectivity index (χ3n) is 4.03. The number of aromatic amines is 1. The average molecular weight is 296 g/mol. The number of aromatic nitrogens is 5. The number of anilines is 1. The molecule has 2 N–H and O–H groups in total. The van der Waals surface area contributed by atoms with Crippen LogP contribution < -0.4 is 5.32 Å². The molecule has 0 fully saturated rings. The fraction of sp³-hybridized carbons (Fsp3) is 0.267. The predicted molar refractivity (Wildman–Crippen MR) is 81.6 cm³/mol. The summed E-state index contributed by atoms with van der Waals surface area (Å²) in [6.45, 7) is 2.14. The summed E-state index contributed by atoms with van der Waals surface area (Å²) in [4.78, 5) is 20.2. The van der Waals surface area contributed by atoms with Gasteiger partial charge in [0.05, 0.1) is 11.1 Å². The first-order valence-corrected chi connectivity index (χ1v) is 7.18. The van der Waals surface area contributed by atoms with Crippen molar-refractivity contribution in [2.45, 2.75) is 19.4 Å². The van der Waals surface area contributed by atoms with E-state index in [9.17, 15) is 4.79 Å². The van der Waals surface area contributed by atoms with E-state index in [0.29, 0.717) is 17.4 Å². The van der Waals surface area contributed by atoms with Gasteiger partial charge >= 0.3 is 0 Å². The Morgan fingerprint density at radius 2 is 2.32 bits per heavy atom. The Hall–Kier alpha value is -2.83. The van der Waals surface area contributed by atoms with Gasteiger partial charge in [0.2, 0.25) is 0 Å². The van der Waals surface area contributed by atoms with Gasteiger partial charge in [0.1, 0.15) is 5.82 Å². The van der Waals surface area contributed by atoms with Crippen molar-refractivity contribution in [3.8, 4) is 11.4 Å². The molecule has 4 heterocycles. The highest BCUT2D eigenvalue weighted by Gasteiger charge is 2.28. The zero-order chi connectivity index (χ0) is 15.3. The maximum Gasteiger partial charge on any atom is 0.259 e. The second-order valence-electron chi connectivity index (χ2n) is 5.60. The first-order chi connectivity index (χ1) is 10.6. The molecule has 0 radical (unpaired) electrons. The van der Waals surface area contributed by atoms with Crippen molar-refractivity contribution in [2.75, 3.05) is 5.32 Å². The number of hydrogen-bond donors (Lipinski definition) is 2. The molecule has 1 aliphatic heterocycles. The van der Waals surface area contributed by atoms with Crippen LogP contribution in [0, 0.1) is 0 Å². The molecule has 7 nitrogen and oxygen atoms in total. The first-order valence-electron chi connectivity index (χ1n) is 7.18. The zero-order valence-corrected chi connectivity index (χ0v) is 12.4. The molecule has 3 aromatic heterocycles. The van der Waals surface area contributed by atoms with Crippen LogP contribution >= 0.6 is 0 Å². The van der Waals surface area contributed by atoms with E-state index in [-0.39, 0.29) is 5.91 Å². The van der Waals surface area contributed by atoms with E-state index in [0.717, 1.165) is 23.5 Å². The van der Waals surface area contributed by atoms with E-state index in [1.807, 2.05) is 13.2 Å². The molecule has 1 atom stereocenters. The van der Waals surface area contributed by atoms with E-state index >= 15 is 0 Å². The maximum absolute atomic E-state index is 12.6. The van der Waals surface area contributed by atoms with Crippen molar-refractivity contribution in [1.82, 2.24) is 24.3 Å². The number of fused-ring (bicyclic) bond motifs is 3. The summed E-state index contributed by atoms with van der Waals surface area (Å²) in [5.74, 6) is 1.19. The van der Waals surface area contributed by atoms with Crippen LogP contribution in [0.3, 0.4) is 0 Å². The van der Waals surface area contributed by atoms with Crippen molar-refractivity contribution < 1.29 is 4.79 Å². The monoisotopic (exact) mass is 296 g/mol. The number of rotatable bonds is 2.